The molecule has 0 bridgehead atoms. The predicted molar refractivity (Wildman–Crippen MR) is 48.9 cm³/mol. The summed E-state index contributed by atoms with van der Waals surface area (Å²) in [5, 5.41) is 0. The molecular weight excluding hydrogens is 169 g/mol. The smallest absolute Gasteiger partial charge is 0.170 e. The van der Waals surface area contributed by atoms with E-state index >= 15 is 0 Å². The average molecular weight is 179 g/mol. The van der Waals surface area contributed by atoms with Crippen molar-refractivity contribution in [3.8, 4) is 17.6 Å². The number of para-hydroxylation sites is 1. The Morgan fingerprint density at radius 1 is 1.54 bits per heavy atom. The van der Waals surface area contributed by atoms with E-state index in [0.717, 1.165) is 0 Å². The fraction of sp³-hybridized carbons (Fsp3) is 0.200. The number of hydrogen-bond acceptors (Lipinski definition) is 2. The molecule has 1 aromatic rings. The van der Waals surface area contributed by atoms with Gasteiger partial charge in [0.1, 0.15) is 0 Å². The number of methoxy groups -OCH3 is 1. The molecule has 0 aliphatic rings. The summed E-state index contributed by atoms with van der Waals surface area (Å²) in [4.78, 5) is 0. The molecule has 3 heteroatoms. The van der Waals surface area contributed by atoms with Gasteiger partial charge in [0.05, 0.1) is 19.2 Å². The van der Waals surface area contributed by atoms with E-state index in [-0.39, 0.29) is 12.3 Å². The van der Waals surface area contributed by atoms with Crippen molar-refractivity contribution in [1.29, 1.82) is 0 Å². The van der Waals surface area contributed by atoms with E-state index in [0.29, 0.717) is 5.56 Å². The first-order valence-corrected chi connectivity index (χ1v) is 3.81. The van der Waals surface area contributed by atoms with Gasteiger partial charge in [-0.25, -0.2) is 4.39 Å². The number of hydrogen-bond donors (Lipinski definition) is 1. The Morgan fingerprint density at radius 2 is 2.31 bits per heavy atom. The van der Waals surface area contributed by atoms with Crippen molar-refractivity contribution in [2.24, 2.45) is 5.73 Å². The predicted octanol–water partition coefficient (Wildman–Crippen LogP) is 1.14. The van der Waals surface area contributed by atoms with Crippen LogP contribution < -0.4 is 10.5 Å². The zero-order valence-corrected chi connectivity index (χ0v) is 7.30. The zero-order chi connectivity index (χ0) is 9.68. The molecule has 2 nitrogen and oxygen atoms in total. The first kappa shape index (κ1) is 9.56. The van der Waals surface area contributed by atoms with Gasteiger partial charge >= 0.3 is 0 Å². The van der Waals surface area contributed by atoms with Gasteiger partial charge in [-0.05, 0) is 12.1 Å². The minimum atomic E-state index is -0.411. The van der Waals surface area contributed by atoms with Crippen LogP contribution in [0.5, 0.6) is 5.75 Å². The van der Waals surface area contributed by atoms with Crippen molar-refractivity contribution in [1.82, 2.24) is 0 Å². The second-order valence-corrected chi connectivity index (χ2v) is 2.33. The van der Waals surface area contributed by atoms with Crippen LogP contribution in [0.25, 0.3) is 0 Å². The van der Waals surface area contributed by atoms with Crippen LogP contribution in [-0.2, 0) is 0 Å². The van der Waals surface area contributed by atoms with E-state index in [1.165, 1.54) is 13.2 Å². The van der Waals surface area contributed by atoms with Crippen LogP contribution in [0.15, 0.2) is 18.2 Å². The number of nitrogens with two attached hydrogens (primary N) is 1. The summed E-state index contributed by atoms with van der Waals surface area (Å²) in [5.41, 5.74) is 5.72. The number of benzene rings is 1. The lowest BCUT2D eigenvalue weighted by molar-refractivity contribution is 0.385. The number of halogens is 1. The van der Waals surface area contributed by atoms with E-state index in [2.05, 4.69) is 11.8 Å². The molecular formula is C10H10FNO. The second-order valence-electron chi connectivity index (χ2n) is 2.33. The Hall–Kier alpha value is -1.53. The van der Waals surface area contributed by atoms with Gasteiger partial charge in [0.15, 0.2) is 11.6 Å². The van der Waals surface area contributed by atoms with Gasteiger partial charge in [-0.3, -0.25) is 0 Å². The molecule has 0 radical (unpaired) electrons. The highest BCUT2D eigenvalue weighted by molar-refractivity contribution is 5.46. The van der Waals surface area contributed by atoms with Crippen molar-refractivity contribution < 1.29 is 9.13 Å². The third-order valence-electron chi connectivity index (χ3n) is 1.50. The number of ether oxygens (including phenoxy) is 1. The molecule has 0 amide bonds. The molecule has 0 saturated heterocycles. The SMILES string of the molecule is COc1c(F)cccc1C#CCN. The summed E-state index contributed by atoms with van der Waals surface area (Å²) in [6, 6.07) is 4.59. The molecule has 0 spiro atoms. The molecule has 0 aliphatic carbocycles. The van der Waals surface area contributed by atoms with Crippen molar-refractivity contribution >= 4 is 0 Å². The lowest BCUT2D eigenvalue weighted by atomic mass is 10.2. The maximum absolute atomic E-state index is 13.1. The quantitative estimate of drug-likeness (QED) is 0.656. The molecule has 0 atom stereocenters. The first-order chi connectivity index (χ1) is 6.29. The summed E-state index contributed by atoms with van der Waals surface area (Å²) < 4.78 is 17.9. The van der Waals surface area contributed by atoms with E-state index in [9.17, 15) is 4.39 Å². The van der Waals surface area contributed by atoms with Crippen LogP contribution in [0.4, 0.5) is 4.39 Å². The second kappa shape index (κ2) is 4.48. The van der Waals surface area contributed by atoms with Crippen LogP contribution in [-0.4, -0.2) is 13.7 Å². The fourth-order valence-corrected chi connectivity index (χ4v) is 0.961. The van der Waals surface area contributed by atoms with Gasteiger partial charge in [0, 0.05) is 0 Å². The van der Waals surface area contributed by atoms with Crippen molar-refractivity contribution in [2.45, 2.75) is 0 Å². The highest BCUT2D eigenvalue weighted by Crippen LogP contribution is 2.20. The highest BCUT2D eigenvalue weighted by atomic mass is 19.1. The van der Waals surface area contributed by atoms with Crippen molar-refractivity contribution in [2.75, 3.05) is 13.7 Å². The van der Waals surface area contributed by atoms with Gasteiger partial charge in [-0.1, -0.05) is 17.9 Å². The molecule has 0 aliphatic heterocycles. The Labute approximate surface area is 76.5 Å². The molecule has 0 saturated carbocycles. The largest absolute Gasteiger partial charge is 0.492 e. The van der Waals surface area contributed by atoms with E-state index in [1.807, 2.05) is 0 Å². The Bertz CT molecular complexity index is 352. The minimum absolute atomic E-state index is 0.170. The molecule has 13 heavy (non-hydrogen) atoms. The first-order valence-electron chi connectivity index (χ1n) is 3.81. The maximum Gasteiger partial charge on any atom is 0.170 e. The topological polar surface area (TPSA) is 35.2 Å². The molecule has 1 aromatic carbocycles. The lowest BCUT2D eigenvalue weighted by Gasteiger charge is -2.02. The van der Waals surface area contributed by atoms with E-state index in [4.69, 9.17) is 10.5 Å². The van der Waals surface area contributed by atoms with Gasteiger partial charge in [-0.15, -0.1) is 0 Å². The van der Waals surface area contributed by atoms with E-state index < -0.39 is 5.82 Å². The molecule has 0 fully saturated rings. The molecule has 1 rings (SSSR count). The van der Waals surface area contributed by atoms with Crippen LogP contribution in [0.2, 0.25) is 0 Å². The van der Waals surface area contributed by atoms with Crippen molar-refractivity contribution in [3.63, 3.8) is 0 Å². The van der Waals surface area contributed by atoms with Crippen molar-refractivity contribution in [3.05, 3.63) is 29.6 Å². The zero-order valence-electron chi connectivity index (χ0n) is 7.30. The van der Waals surface area contributed by atoms with E-state index in [1.54, 1.807) is 12.1 Å². The summed E-state index contributed by atoms with van der Waals surface area (Å²) in [5.74, 6) is 5.12. The number of rotatable bonds is 1. The summed E-state index contributed by atoms with van der Waals surface area (Å²) in [7, 11) is 1.41. The third-order valence-corrected chi connectivity index (χ3v) is 1.50. The molecule has 2 N–H and O–H groups in total. The Kier molecular flexibility index (Phi) is 3.30. The molecule has 0 aromatic heterocycles. The van der Waals surface area contributed by atoms with Gasteiger partial charge in [0.25, 0.3) is 0 Å². The average Bonchev–Trinajstić information content (AvgIpc) is 2.15. The normalized spacial score (nSPS) is 8.85. The lowest BCUT2D eigenvalue weighted by Crippen LogP contribution is -1.95. The molecule has 0 heterocycles. The maximum atomic E-state index is 13.1. The van der Waals surface area contributed by atoms with Gasteiger partial charge in [0.2, 0.25) is 0 Å². The Morgan fingerprint density at radius 3 is 2.92 bits per heavy atom. The molecule has 68 valence electrons. The monoisotopic (exact) mass is 179 g/mol. The molecule has 0 unspecified atom stereocenters. The fourth-order valence-electron chi connectivity index (χ4n) is 0.961. The van der Waals surface area contributed by atoms with Crippen LogP contribution >= 0.6 is 0 Å². The van der Waals surface area contributed by atoms with Gasteiger partial charge in [-0.2, -0.15) is 0 Å². The van der Waals surface area contributed by atoms with Crippen LogP contribution in [0.1, 0.15) is 5.56 Å². The van der Waals surface area contributed by atoms with Gasteiger partial charge < -0.3 is 10.5 Å². The summed E-state index contributed by atoms with van der Waals surface area (Å²) >= 11 is 0. The summed E-state index contributed by atoms with van der Waals surface area (Å²) in [6.07, 6.45) is 0. The Balaban J connectivity index is 3.12. The summed E-state index contributed by atoms with van der Waals surface area (Å²) in [6.45, 7) is 0.250. The third kappa shape index (κ3) is 2.20. The minimum Gasteiger partial charge on any atom is -0.492 e. The highest BCUT2D eigenvalue weighted by Gasteiger charge is 2.05. The standard InChI is InChI=1S/C10H10FNO/c1-13-10-8(5-3-7-12)4-2-6-9(10)11/h2,4,6H,7,12H2,1H3. The van der Waals surface area contributed by atoms with Crippen LogP contribution in [0, 0.1) is 17.7 Å². The van der Waals surface area contributed by atoms with Crippen LogP contribution in [0.3, 0.4) is 0 Å².